The van der Waals surface area contributed by atoms with Gasteiger partial charge in [-0.1, -0.05) is 108 Å². The molecule has 4 fully saturated rings. The molecule has 2 heterocycles. The van der Waals surface area contributed by atoms with Crippen LogP contribution in [-0.4, -0.2) is 24.2 Å². The number of fused-ring (bicyclic) bond motifs is 2. The Bertz CT molecular complexity index is 379. The molecule has 0 aromatic rings. The van der Waals surface area contributed by atoms with Gasteiger partial charge in [0.15, 0.2) is 0 Å². The van der Waals surface area contributed by atoms with E-state index in [1.807, 2.05) is 0 Å². The predicted molar refractivity (Wildman–Crippen MR) is 135 cm³/mol. The van der Waals surface area contributed by atoms with E-state index in [0.717, 1.165) is 18.3 Å². The quantitative estimate of drug-likeness (QED) is 0.189. The van der Waals surface area contributed by atoms with Crippen LogP contribution in [-0.2, 0) is 0 Å². The summed E-state index contributed by atoms with van der Waals surface area (Å²) in [6, 6.07) is 0. The standard InChI is InChI=1S/C25H46BP.BrH/c1-4-16-24(17-5-1)27(25-18-6-2-7-19-25)21-9-3-8-20-26-22-12-10-13-23(26)15-11-14-22;/h22-25H,1-21H2;1H. The zero-order valence-electron chi connectivity index (χ0n) is 18.6. The van der Waals surface area contributed by atoms with Crippen LogP contribution in [0.25, 0.3) is 0 Å². The first-order valence-corrected chi connectivity index (χ1v) is 14.8. The van der Waals surface area contributed by atoms with Crippen molar-refractivity contribution in [2.75, 3.05) is 6.16 Å². The summed E-state index contributed by atoms with van der Waals surface area (Å²) in [5, 5.41) is 0. The molecule has 0 nitrogen and oxygen atoms in total. The highest BCUT2D eigenvalue weighted by Crippen LogP contribution is 2.56. The van der Waals surface area contributed by atoms with E-state index in [4.69, 9.17) is 0 Å². The minimum atomic E-state index is 0. The molecule has 2 aliphatic heterocycles. The molecule has 0 radical (unpaired) electrons. The van der Waals surface area contributed by atoms with Crippen molar-refractivity contribution in [2.45, 2.75) is 151 Å². The van der Waals surface area contributed by atoms with Crippen molar-refractivity contribution >= 4 is 31.6 Å². The van der Waals surface area contributed by atoms with Crippen molar-refractivity contribution in [3.63, 3.8) is 0 Å². The maximum Gasteiger partial charge on any atom is 0.146 e. The largest absolute Gasteiger partial charge is 0.146 e. The maximum absolute atomic E-state index is 1.65. The lowest BCUT2D eigenvalue weighted by molar-refractivity contribution is 0.440. The van der Waals surface area contributed by atoms with E-state index < -0.39 is 0 Å². The van der Waals surface area contributed by atoms with Crippen molar-refractivity contribution in [3.8, 4) is 0 Å². The Balaban J connectivity index is 0.00000225. The fourth-order valence-electron chi connectivity index (χ4n) is 7.63. The average Bonchev–Trinajstić information content (AvgIpc) is 2.72. The van der Waals surface area contributed by atoms with Gasteiger partial charge in [0.25, 0.3) is 0 Å². The molecule has 162 valence electrons. The van der Waals surface area contributed by atoms with Gasteiger partial charge in [-0.2, -0.15) is 0 Å². The molecule has 2 saturated carbocycles. The Morgan fingerprint density at radius 2 is 1.04 bits per heavy atom. The van der Waals surface area contributed by atoms with Crippen molar-refractivity contribution in [3.05, 3.63) is 0 Å². The molecule has 3 heteroatoms. The van der Waals surface area contributed by atoms with Crippen LogP contribution >= 0.6 is 24.9 Å². The second-order valence-electron chi connectivity index (χ2n) is 10.7. The summed E-state index contributed by atoms with van der Waals surface area (Å²) < 4.78 is 0. The van der Waals surface area contributed by atoms with Gasteiger partial charge in [0.05, 0.1) is 0 Å². The van der Waals surface area contributed by atoms with Gasteiger partial charge in [0.2, 0.25) is 0 Å². The smallest absolute Gasteiger partial charge is 0.114 e. The summed E-state index contributed by atoms with van der Waals surface area (Å²) in [7, 11) is 0.362. The Morgan fingerprint density at radius 1 is 0.536 bits per heavy atom. The van der Waals surface area contributed by atoms with Crippen LogP contribution in [0.2, 0.25) is 18.0 Å². The van der Waals surface area contributed by atoms with E-state index in [-0.39, 0.29) is 17.0 Å². The van der Waals surface area contributed by atoms with Crippen molar-refractivity contribution in [1.29, 1.82) is 0 Å². The summed E-state index contributed by atoms with van der Waals surface area (Å²) in [4.78, 5) is 0. The Hall–Kier alpha value is 0.975. The summed E-state index contributed by atoms with van der Waals surface area (Å²) in [5.41, 5.74) is 2.35. The van der Waals surface area contributed by atoms with Crippen molar-refractivity contribution < 1.29 is 0 Å². The van der Waals surface area contributed by atoms with Crippen LogP contribution in [0.4, 0.5) is 0 Å². The van der Waals surface area contributed by atoms with Gasteiger partial charge in [0, 0.05) is 0 Å². The van der Waals surface area contributed by atoms with Crippen LogP contribution in [0.3, 0.4) is 0 Å². The lowest BCUT2D eigenvalue weighted by Crippen LogP contribution is -2.34. The molecule has 28 heavy (non-hydrogen) atoms. The van der Waals surface area contributed by atoms with E-state index in [0.29, 0.717) is 7.92 Å². The molecule has 0 aromatic heterocycles. The minimum Gasteiger partial charge on any atom is -0.114 e. The van der Waals surface area contributed by atoms with Gasteiger partial charge in [-0.25, -0.2) is 0 Å². The molecular weight excluding hydrogens is 422 g/mol. The summed E-state index contributed by atoms with van der Waals surface area (Å²) in [5.74, 6) is 2.28. The first-order valence-electron chi connectivity index (χ1n) is 13.2. The van der Waals surface area contributed by atoms with Crippen LogP contribution < -0.4 is 0 Å². The third kappa shape index (κ3) is 6.49. The van der Waals surface area contributed by atoms with E-state index in [9.17, 15) is 0 Å². The molecule has 0 aromatic carbocycles. The molecule has 0 amide bonds. The number of hydrogen-bond acceptors (Lipinski definition) is 0. The molecule has 0 atom stereocenters. The zero-order chi connectivity index (χ0) is 18.3. The van der Waals surface area contributed by atoms with Crippen LogP contribution in [0.1, 0.15) is 122 Å². The molecule has 0 unspecified atom stereocenters. The van der Waals surface area contributed by atoms with Gasteiger partial charge in [-0.05, 0) is 49.6 Å². The molecule has 2 bridgehead atoms. The number of rotatable bonds is 8. The first-order chi connectivity index (χ1) is 13.4. The maximum atomic E-state index is 1.65. The number of hydrogen-bond donors (Lipinski definition) is 0. The van der Waals surface area contributed by atoms with E-state index in [2.05, 4.69) is 0 Å². The van der Waals surface area contributed by atoms with Crippen molar-refractivity contribution in [2.24, 2.45) is 0 Å². The fourth-order valence-corrected chi connectivity index (χ4v) is 11.6. The molecule has 4 aliphatic rings. The fraction of sp³-hybridized carbons (Fsp3) is 1.00. The predicted octanol–water partition coefficient (Wildman–Crippen LogP) is 9.48. The van der Waals surface area contributed by atoms with Crippen LogP contribution in [0.15, 0.2) is 0 Å². The lowest BCUT2D eigenvalue weighted by atomic mass is 9.26. The second-order valence-corrected chi connectivity index (χ2v) is 13.7. The van der Waals surface area contributed by atoms with E-state index in [1.54, 1.807) is 122 Å². The Kier molecular flexibility index (Phi) is 10.8. The van der Waals surface area contributed by atoms with E-state index >= 15 is 0 Å². The van der Waals surface area contributed by atoms with Crippen molar-refractivity contribution in [1.82, 2.24) is 0 Å². The van der Waals surface area contributed by atoms with Gasteiger partial charge in [0.1, 0.15) is 6.71 Å². The molecule has 2 saturated heterocycles. The molecular formula is C25H47BBrP. The SMILES string of the molecule is Br.C1CCC(P(CCCCCB2C3CCCC2CCC3)C2CCCCC2)CC1. The Labute approximate surface area is 188 Å². The first kappa shape index (κ1) is 23.6. The summed E-state index contributed by atoms with van der Waals surface area (Å²) >= 11 is 0. The Morgan fingerprint density at radius 3 is 1.54 bits per heavy atom. The number of unbranched alkanes of at least 4 members (excludes halogenated alkanes) is 2. The highest BCUT2D eigenvalue weighted by molar-refractivity contribution is 8.93. The highest BCUT2D eigenvalue weighted by atomic mass is 79.9. The van der Waals surface area contributed by atoms with Gasteiger partial charge in [-0.15, -0.1) is 24.9 Å². The van der Waals surface area contributed by atoms with Gasteiger partial charge < -0.3 is 0 Å². The summed E-state index contributed by atoms with van der Waals surface area (Å²) in [6.45, 7) is 1.14. The van der Waals surface area contributed by atoms with Crippen LogP contribution in [0.5, 0.6) is 0 Å². The lowest BCUT2D eigenvalue weighted by Gasteiger charge is -2.41. The average molecular weight is 469 g/mol. The van der Waals surface area contributed by atoms with Gasteiger partial charge >= 0.3 is 0 Å². The number of halogens is 1. The summed E-state index contributed by atoms with van der Waals surface area (Å²) in [6.07, 6.45) is 33.1. The molecule has 0 spiro atoms. The van der Waals surface area contributed by atoms with E-state index in [1.165, 1.54) is 24.2 Å². The molecule has 4 rings (SSSR count). The normalized spacial score (nSPS) is 29.7. The third-order valence-corrected chi connectivity index (χ3v) is 12.8. The topological polar surface area (TPSA) is 0 Å². The second kappa shape index (κ2) is 12.7. The molecule has 0 N–H and O–H groups in total. The van der Waals surface area contributed by atoms with Crippen LogP contribution in [0, 0.1) is 0 Å². The monoisotopic (exact) mass is 468 g/mol. The highest BCUT2D eigenvalue weighted by Gasteiger charge is 2.38. The minimum absolute atomic E-state index is 0. The van der Waals surface area contributed by atoms with Gasteiger partial charge in [-0.3, -0.25) is 0 Å². The zero-order valence-corrected chi connectivity index (χ0v) is 21.2. The molecule has 2 aliphatic carbocycles. The third-order valence-electron chi connectivity index (χ3n) is 9.05.